The van der Waals surface area contributed by atoms with Crippen LogP contribution in [0.1, 0.15) is 49.7 Å². The van der Waals surface area contributed by atoms with E-state index < -0.39 is 0 Å². The number of aryl methyl sites for hydroxylation is 2. The zero-order valence-electron chi connectivity index (χ0n) is 16.0. The van der Waals surface area contributed by atoms with Gasteiger partial charge in [-0.05, 0) is 58.0 Å². The maximum atomic E-state index is 12.7. The molecule has 2 aliphatic rings. The molecule has 4 heteroatoms. The molecule has 2 aliphatic heterocycles. The Balaban J connectivity index is 0.000000511. The molecule has 0 bridgehead atoms. The van der Waals surface area contributed by atoms with Crippen molar-refractivity contribution < 1.29 is 0 Å². The first kappa shape index (κ1) is 19.6. The third-order valence-electron chi connectivity index (χ3n) is 5.30. The molecular weight excluding hydrogens is 310 g/mol. The Morgan fingerprint density at radius 3 is 2.48 bits per heavy atom. The zero-order valence-corrected chi connectivity index (χ0v) is 16.0. The predicted octanol–water partition coefficient (Wildman–Crippen LogP) is 3.52. The Hall–Kier alpha value is -1.68. The molecule has 0 amide bonds. The van der Waals surface area contributed by atoms with E-state index >= 15 is 0 Å². The van der Waals surface area contributed by atoms with Crippen molar-refractivity contribution in [2.24, 2.45) is 5.92 Å². The van der Waals surface area contributed by atoms with Gasteiger partial charge in [-0.1, -0.05) is 32.2 Å². The van der Waals surface area contributed by atoms with Gasteiger partial charge < -0.3 is 4.90 Å². The summed E-state index contributed by atoms with van der Waals surface area (Å²) < 4.78 is 1.92. The summed E-state index contributed by atoms with van der Waals surface area (Å²) in [4.78, 5) is 19.9. The minimum Gasteiger partial charge on any atom is -0.303 e. The number of hydrogen-bond donors (Lipinski definition) is 0. The van der Waals surface area contributed by atoms with Crippen LogP contribution < -0.4 is 5.56 Å². The van der Waals surface area contributed by atoms with E-state index in [1.165, 1.54) is 25.9 Å². The van der Waals surface area contributed by atoms with Crippen molar-refractivity contribution in [3.05, 3.63) is 52.7 Å². The normalized spacial score (nSPS) is 18.0. The lowest BCUT2D eigenvalue weighted by atomic mass is 9.99. The van der Waals surface area contributed by atoms with Crippen molar-refractivity contribution in [1.29, 1.82) is 0 Å². The van der Waals surface area contributed by atoms with Crippen LogP contribution in [-0.2, 0) is 19.4 Å². The fourth-order valence-electron chi connectivity index (χ4n) is 3.57. The molecule has 1 fully saturated rings. The lowest BCUT2D eigenvalue weighted by Gasteiger charge is -2.30. The van der Waals surface area contributed by atoms with E-state index in [9.17, 15) is 4.79 Å². The molecule has 0 saturated carbocycles. The van der Waals surface area contributed by atoms with E-state index in [1.807, 2.05) is 11.5 Å². The van der Waals surface area contributed by atoms with Gasteiger partial charge in [-0.25, -0.2) is 4.98 Å². The summed E-state index contributed by atoms with van der Waals surface area (Å²) >= 11 is 0. The maximum Gasteiger partial charge on any atom is 0.256 e. The highest BCUT2D eigenvalue weighted by atomic mass is 16.1. The van der Waals surface area contributed by atoms with E-state index in [1.54, 1.807) is 12.2 Å². The molecule has 1 aromatic rings. The number of likely N-dealkylation sites (tertiary alicyclic amines) is 1. The van der Waals surface area contributed by atoms with Crippen LogP contribution in [0.3, 0.4) is 0 Å². The van der Waals surface area contributed by atoms with Gasteiger partial charge in [0, 0.05) is 30.8 Å². The Morgan fingerprint density at radius 1 is 1.16 bits per heavy atom. The van der Waals surface area contributed by atoms with Gasteiger partial charge in [0.2, 0.25) is 0 Å². The molecule has 138 valence electrons. The smallest absolute Gasteiger partial charge is 0.256 e. The summed E-state index contributed by atoms with van der Waals surface area (Å²) in [7, 11) is 0. The molecule has 1 saturated heterocycles. The topological polar surface area (TPSA) is 38.1 Å². The Bertz CT molecular complexity index is 633. The Morgan fingerprint density at radius 2 is 1.84 bits per heavy atom. The molecule has 3 rings (SSSR count). The molecule has 3 heterocycles. The maximum absolute atomic E-state index is 12.7. The van der Waals surface area contributed by atoms with Crippen LogP contribution in [0.2, 0.25) is 0 Å². The number of hydrogen-bond acceptors (Lipinski definition) is 3. The third kappa shape index (κ3) is 5.40. The van der Waals surface area contributed by atoms with Gasteiger partial charge in [0.05, 0.1) is 0 Å². The van der Waals surface area contributed by atoms with Gasteiger partial charge in [0.15, 0.2) is 0 Å². The van der Waals surface area contributed by atoms with Crippen LogP contribution in [0, 0.1) is 12.8 Å². The number of fused-ring (bicyclic) bond motifs is 1. The summed E-state index contributed by atoms with van der Waals surface area (Å²) in [6.07, 6.45) is 9.95. The highest BCUT2D eigenvalue weighted by Gasteiger charge is 2.19. The number of rotatable bonds is 4. The average molecular weight is 344 g/mol. The SMILES string of the molecule is C=CC=C.Cc1nc2n(c(=O)c1CCN1CCC(C)CC1)CCCC2. The molecule has 0 radical (unpaired) electrons. The molecule has 0 N–H and O–H groups in total. The van der Waals surface area contributed by atoms with Gasteiger partial charge >= 0.3 is 0 Å². The zero-order chi connectivity index (χ0) is 18.2. The monoisotopic (exact) mass is 343 g/mol. The molecule has 0 aliphatic carbocycles. The minimum atomic E-state index is 0.225. The summed E-state index contributed by atoms with van der Waals surface area (Å²) in [5.74, 6) is 1.86. The van der Waals surface area contributed by atoms with E-state index in [-0.39, 0.29) is 5.56 Å². The van der Waals surface area contributed by atoms with Crippen molar-refractivity contribution in [3.63, 3.8) is 0 Å². The molecular formula is C21H33N3O. The van der Waals surface area contributed by atoms with E-state index in [0.717, 1.165) is 61.8 Å². The van der Waals surface area contributed by atoms with Gasteiger partial charge in [0.1, 0.15) is 5.82 Å². The summed E-state index contributed by atoms with van der Waals surface area (Å²) in [5.41, 5.74) is 2.13. The van der Waals surface area contributed by atoms with Gasteiger partial charge in [-0.3, -0.25) is 9.36 Å². The lowest BCUT2D eigenvalue weighted by Crippen LogP contribution is -2.37. The van der Waals surface area contributed by atoms with E-state index in [0.29, 0.717) is 0 Å². The Kier molecular flexibility index (Phi) is 7.63. The molecule has 1 aromatic heterocycles. The van der Waals surface area contributed by atoms with Crippen molar-refractivity contribution in [2.45, 2.75) is 58.9 Å². The quantitative estimate of drug-likeness (QED) is 0.785. The number of allylic oxidation sites excluding steroid dienone is 2. The van der Waals surface area contributed by atoms with Crippen LogP contribution in [-0.4, -0.2) is 34.1 Å². The van der Waals surface area contributed by atoms with Gasteiger partial charge in [0.25, 0.3) is 5.56 Å². The molecule has 0 atom stereocenters. The summed E-state index contributed by atoms with van der Waals surface area (Å²) in [6.45, 7) is 15.3. The Labute approximate surface area is 152 Å². The van der Waals surface area contributed by atoms with Crippen molar-refractivity contribution >= 4 is 0 Å². The van der Waals surface area contributed by atoms with Crippen LogP contribution >= 0.6 is 0 Å². The second kappa shape index (κ2) is 9.71. The molecule has 0 spiro atoms. The largest absolute Gasteiger partial charge is 0.303 e. The van der Waals surface area contributed by atoms with Crippen molar-refractivity contribution in [1.82, 2.24) is 14.5 Å². The number of nitrogens with zero attached hydrogens (tertiary/aromatic N) is 3. The molecule has 25 heavy (non-hydrogen) atoms. The second-order valence-electron chi connectivity index (χ2n) is 7.25. The van der Waals surface area contributed by atoms with Gasteiger partial charge in [-0.15, -0.1) is 0 Å². The highest BCUT2D eigenvalue weighted by Crippen LogP contribution is 2.17. The molecule has 0 unspecified atom stereocenters. The summed E-state index contributed by atoms with van der Waals surface area (Å²) in [6, 6.07) is 0. The van der Waals surface area contributed by atoms with Crippen LogP contribution in [0.15, 0.2) is 30.1 Å². The first-order valence-electron chi connectivity index (χ1n) is 9.61. The average Bonchev–Trinajstić information content (AvgIpc) is 2.63. The minimum absolute atomic E-state index is 0.225. The van der Waals surface area contributed by atoms with Crippen LogP contribution in [0.5, 0.6) is 0 Å². The first-order valence-corrected chi connectivity index (χ1v) is 9.61. The van der Waals surface area contributed by atoms with Gasteiger partial charge in [-0.2, -0.15) is 0 Å². The van der Waals surface area contributed by atoms with E-state index in [2.05, 4.69) is 25.0 Å². The molecule has 4 nitrogen and oxygen atoms in total. The first-order chi connectivity index (χ1) is 12.1. The third-order valence-corrected chi connectivity index (χ3v) is 5.30. The highest BCUT2D eigenvalue weighted by molar-refractivity contribution is 5.19. The van der Waals surface area contributed by atoms with Crippen molar-refractivity contribution in [2.75, 3.05) is 19.6 Å². The number of aromatic nitrogens is 2. The van der Waals surface area contributed by atoms with Crippen molar-refractivity contribution in [3.8, 4) is 0 Å². The predicted molar refractivity (Wildman–Crippen MR) is 105 cm³/mol. The fraction of sp³-hybridized carbons (Fsp3) is 0.619. The standard InChI is InChI=1S/C17H27N3O.C4H6/c1-13-6-10-19(11-7-13)12-8-15-14(2)18-16-5-3-4-9-20(16)17(15)21;1-3-4-2/h13H,3-12H2,1-2H3;3-4H,1-2H2. The molecule has 0 aromatic carbocycles. The summed E-state index contributed by atoms with van der Waals surface area (Å²) in [5, 5.41) is 0. The van der Waals surface area contributed by atoms with Crippen LogP contribution in [0.25, 0.3) is 0 Å². The second-order valence-corrected chi connectivity index (χ2v) is 7.25. The number of piperidine rings is 1. The fourth-order valence-corrected chi connectivity index (χ4v) is 3.57. The van der Waals surface area contributed by atoms with E-state index in [4.69, 9.17) is 4.98 Å². The lowest BCUT2D eigenvalue weighted by molar-refractivity contribution is 0.194. The van der Waals surface area contributed by atoms with Crippen LogP contribution in [0.4, 0.5) is 0 Å².